The minimum atomic E-state index is -0.381. The lowest BCUT2D eigenvalue weighted by Gasteiger charge is -2.08. The van der Waals surface area contributed by atoms with Crippen LogP contribution >= 0.6 is 11.8 Å². The summed E-state index contributed by atoms with van der Waals surface area (Å²) in [6.07, 6.45) is 3.12. The summed E-state index contributed by atoms with van der Waals surface area (Å²) in [5.41, 5.74) is 3.09. The first-order valence-electron chi connectivity index (χ1n) is 9.99. The molecule has 7 nitrogen and oxygen atoms in total. The molecule has 0 unspecified atom stereocenters. The van der Waals surface area contributed by atoms with E-state index in [2.05, 4.69) is 29.2 Å². The lowest BCUT2D eigenvalue weighted by atomic mass is 10.0. The number of nitrogens with one attached hydrogen (secondary N) is 1. The van der Waals surface area contributed by atoms with Crippen molar-refractivity contribution in [1.82, 2.24) is 19.2 Å². The van der Waals surface area contributed by atoms with E-state index in [9.17, 15) is 9.59 Å². The summed E-state index contributed by atoms with van der Waals surface area (Å²) in [7, 11) is 0. The van der Waals surface area contributed by atoms with E-state index in [-0.39, 0.29) is 18.1 Å². The minimum Gasteiger partial charge on any atom is -0.324 e. The zero-order valence-corrected chi connectivity index (χ0v) is 18.4. The summed E-state index contributed by atoms with van der Waals surface area (Å²) in [6.45, 7) is 6.08. The van der Waals surface area contributed by atoms with E-state index in [1.54, 1.807) is 12.4 Å². The molecule has 2 aromatic heterocycles. The van der Waals surface area contributed by atoms with Gasteiger partial charge in [0.2, 0.25) is 5.91 Å². The summed E-state index contributed by atoms with van der Waals surface area (Å²) in [5.74, 6) is 0.102. The number of hydrogen-bond acceptors (Lipinski definition) is 5. The Morgan fingerprint density at radius 1 is 1.10 bits per heavy atom. The number of aryl methyl sites for hydroxylation is 1. The first-order chi connectivity index (χ1) is 14.9. The summed E-state index contributed by atoms with van der Waals surface area (Å²) in [6, 6.07) is 15.7. The number of benzene rings is 2. The van der Waals surface area contributed by atoms with Crippen LogP contribution in [0.25, 0.3) is 5.65 Å². The Kier molecular flexibility index (Phi) is 5.90. The van der Waals surface area contributed by atoms with Gasteiger partial charge in [-0.1, -0.05) is 55.4 Å². The van der Waals surface area contributed by atoms with Crippen LogP contribution in [-0.2, 0) is 11.3 Å². The molecular formula is C23H23N5O2S. The molecule has 0 spiro atoms. The van der Waals surface area contributed by atoms with Gasteiger partial charge in [-0.15, -0.1) is 5.10 Å². The number of amides is 1. The Hall–Kier alpha value is -3.39. The Morgan fingerprint density at radius 3 is 2.48 bits per heavy atom. The van der Waals surface area contributed by atoms with Crippen molar-refractivity contribution in [2.75, 3.05) is 5.32 Å². The highest BCUT2D eigenvalue weighted by atomic mass is 32.2. The largest absolute Gasteiger partial charge is 0.350 e. The van der Waals surface area contributed by atoms with E-state index >= 15 is 0 Å². The second kappa shape index (κ2) is 8.77. The maximum Gasteiger partial charge on any atom is 0.350 e. The van der Waals surface area contributed by atoms with E-state index in [1.165, 1.54) is 27.3 Å². The third kappa shape index (κ3) is 4.69. The van der Waals surface area contributed by atoms with Gasteiger partial charge in [-0.05, 0) is 42.7 Å². The normalized spacial score (nSPS) is 11.2. The maximum absolute atomic E-state index is 12.7. The van der Waals surface area contributed by atoms with E-state index < -0.39 is 0 Å². The van der Waals surface area contributed by atoms with Crippen molar-refractivity contribution in [3.8, 4) is 0 Å². The number of fused-ring (bicyclic) bond motifs is 1. The number of aromatic nitrogens is 4. The fourth-order valence-electron chi connectivity index (χ4n) is 3.11. The van der Waals surface area contributed by atoms with Gasteiger partial charge in [0.25, 0.3) is 0 Å². The minimum absolute atomic E-state index is 0.179. The predicted octanol–water partition coefficient (Wildman–Crippen LogP) is 4.11. The van der Waals surface area contributed by atoms with Gasteiger partial charge in [-0.2, -0.15) is 0 Å². The first-order valence-corrected chi connectivity index (χ1v) is 10.8. The number of carbonyl (C=O) groups is 1. The van der Waals surface area contributed by atoms with Crippen LogP contribution < -0.4 is 11.0 Å². The van der Waals surface area contributed by atoms with Gasteiger partial charge < -0.3 is 5.32 Å². The lowest BCUT2D eigenvalue weighted by molar-refractivity contribution is -0.117. The van der Waals surface area contributed by atoms with Gasteiger partial charge >= 0.3 is 5.69 Å². The molecule has 1 amide bonds. The van der Waals surface area contributed by atoms with Crippen LogP contribution in [0.1, 0.15) is 30.9 Å². The Labute approximate surface area is 184 Å². The molecule has 0 radical (unpaired) electrons. The first kappa shape index (κ1) is 20.9. The second-order valence-corrected chi connectivity index (χ2v) is 8.67. The molecule has 158 valence electrons. The van der Waals surface area contributed by atoms with Crippen LogP contribution in [-0.4, -0.2) is 25.1 Å². The quantitative estimate of drug-likeness (QED) is 0.495. The van der Waals surface area contributed by atoms with Gasteiger partial charge in [-0.3, -0.25) is 4.79 Å². The zero-order chi connectivity index (χ0) is 22.0. The van der Waals surface area contributed by atoms with Crippen LogP contribution in [0, 0.1) is 6.92 Å². The monoisotopic (exact) mass is 433 g/mol. The standard InChI is InChI=1S/C23H23N5O2S/c1-15(2)17-6-8-18(9-7-17)25-20(29)14-28-23(30)27-13-12-24-22(21(27)26-28)31-19-10-4-16(3)5-11-19/h4-13,15H,14H2,1-3H3,(H,25,29). The molecule has 0 fully saturated rings. The van der Waals surface area contributed by atoms with Crippen molar-refractivity contribution in [3.63, 3.8) is 0 Å². The molecule has 4 aromatic rings. The van der Waals surface area contributed by atoms with Gasteiger partial charge in [0.05, 0.1) is 0 Å². The Balaban J connectivity index is 1.54. The third-order valence-corrected chi connectivity index (χ3v) is 5.85. The zero-order valence-electron chi connectivity index (χ0n) is 17.6. The molecule has 0 aliphatic carbocycles. The summed E-state index contributed by atoms with van der Waals surface area (Å²) >= 11 is 1.43. The SMILES string of the molecule is Cc1ccc(Sc2nccn3c(=O)n(CC(=O)Nc4ccc(C(C)C)cc4)nc23)cc1. The summed E-state index contributed by atoms with van der Waals surface area (Å²) in [4.78, 5) is 30.6. The molecule has 2 aromatic carbocycles. The molecule has 0 saturated carbocycles. The number of anilines is 1. The predicted molar refractivity (Wildman–Crippen MR) is 122 cm³/mol. The van der Waals surface area contributed by atoms with Crippen LogP contribution in [0.4, 0.5) is 5.69 Å². The third-order valence-electron chi connectivity index (χ3n) is 4.86. The fraction of sp³-hybridized carbons (Fsp3) is 0.217. The van der Waals surface area contributed by atoms with Crippen LogP contribution in [0.15, 0.2) is 75.6 Å². The highest BCUT2D eigenvalue weighted by Gasteiger charge is 2.15. The molecular weight excluding hydrogens is 410 g/mol. The number of nitrogens with zero attached hydrogens (tertiary/aromatic N) is 4. The van der Waals surface area contributed by atoms with Crippen molar-refractivity contribution in [2.45, 2.75) is 43.2 Å². The van der Waals surface area contributed by atoms with E-state index in [0.29, 0.717) is 22.3 Å². The highest BCUT2D eigenvalue weighted by Crippen LogP contribution is 2.28. The number of hydrogen-bond donors (Lipinski definition) is 1. The number of rotatable bonds is 6. The maximum atomic E-state index is 12.7. The van der Waals surface area contributed by atoms with Crippen molar-refractivity contribution in [1.29, 1.82) is 0 Å². The fourth-order valence-corrected chi connectivity index (χ4v) is 3.95. The average Bonchev–Trinajstić information content (AvgIpc) is 3.06. The highest BCUT2D eigenvalue weighted by molar-refractivity contribution is 7.99. The van der Waals surface area contributed by atoms with Crippen molar-refractivity contribution < 1.29 is 4.79 Å². The summed E-state index contributed by atoms with van der Waals surface area (Å²) < 4.78 is 2.57. The molecule has 0 aliphatic heterocycles. The van der Waals surface area contributed by atoms with E-state index in [0.717, 1.165) is 9.58 Å². The van der Waals surface area contributed by atoms with Crippen molar-refractivity contribution in [2.24, 2.45) is 0 Å². The molecule has 8 heteroatoms. The molecule has 4 rings (SSSR count). The van der Waals surface area contributed by atoms with Crippen molar-refractivity contribution >= 4 is 29.0 Å². The van der Waals surface area contributed by atoms with E-state index in [4.69, 9.17) is 0 Å². The Bertz CT molecular complexity index is 1270. The molecule has 1 N–H and O–H groups in total. The van der Waals surface area contributed by atoms with Crippen LogP contribution in [0.5, 0.6) is 0 Å². The van der Waals surface area contributed by atoms with Gasteiger partial charge in [0.15, 0.2) is 5.65 Å². The summed E-state index contributed by atoms with van der Waals surface area (Å²) in [5, 5.41) is 7.79. The molecule has 2 heterocycles. The van der Waals surface area contributed by atoms with Gasteiger partial charge in [-0.25, -0.2) is 18.9 Å². The molecule has 0 aliphatic rings. The average molecular weight is 434 g/mol. The second-order valence-electron chi connectivity index (χ2n) is 7.61. The smallest absolute Gasteiger partial charge is 0.324 e. The molecule has 0 bridgehead atoms. The molecule has 0 saturated heterocycles. The van der Waals surface area contributed by atoms with Crippen LogP contribution in [0.2, 0.25) is 0 Å². The lowest BCUT2D eigenvalue weighted by Crippen LogP contribution is -2.28. The van der Waals surface area contributed by atoms with Crippen LogP contribution in [0.3, 0.4) is 0 Å². The van der Waals surface area contributed by atoms with Crippen molar-refractivity contribution in [3.05, 3.63) is 82.5 Å². The number of carbonyl (C=O) groups excluding carboxylic acids is 1. The van der Waals surface area contributed by atoms with Gasteiger partial charge in [0, 0.05) is 23.0 Å². The topological polar surface area (TPSA) is 81.3 Å². The van der Waals surface area contributed by atoms with E-state index in [1.807, 2.05) is 55.5 Å². The van der Waals surface area contributed by atoms with Gasteiger partial charge in [0.1, 0.15) is 11.6 Å². The Morgan fingerprint density at radius 2 is 1.81 bits per heavy atom. The molecule has 31 heavy (non-hydrogen) atoms. The molecule has 0 atom stereocenters.